The van der Waals surface area contributed by atoms with Crippen molar-refractivity contribution < 1.29 is 18.9 Å². The lowest BCUT2D eigenvalue weighted by Gasteiger charge is -2.30. The lowest BCUT2D eigenvalue weighted by Crippen LogP contribution is -2.47. The van der Waals surface area contributed by atoms with Gasteiger partial charge in [0.05, 0.1) is 60.1 Å². The predicted molar refractivity (Wildman–Crippen MR) is 144 cm³/mol. The zero-order chi connectivity index (χ0) is 26.3. The van der Waals surface area contributed by atoms with Gasteiger partial charge in [0.1, 0.15) is 17.3 Å². The summed E-state index contributed by atoms with van der Waals surface area (Å²) in [4.78, 5) is 18.8. The minimum Gasteiger partial charge on any atom is -0.495 e. The number of benzene rings is 1. The number of rotatable bonds is 8. The number of aromatic nitrogens is 2. The third-order valence-corrected chi connectivity index (χ3v) is 7.94. The molecule has 0 amide bonds. The maximum absolute atomic E-state index is 14.2. The van der Waals surface area contributed by atoms with Crippen LogP contribution in [0.5, 0.6) is 11.5 Å². The molecule has 1 saturated carbocycles. The van der Waals surface area contributed by atoms with Gasteiger partial charge in [-0.05, 0) is 25.3 Å². The minimum absolute atomic E-state index is 0.0496. The van der Waals surface area contributed by atoms with Crippen LogP contribution in [0.2, 0.25) is 10.0 Å². The first-order valence-electron chi connectivity index (χ1n) is 12.1. The fourth-order valence-electron chi connectivity index (χ4n) is 5.00. The Morgan fingerprint density at radius 3 is 2.46 bits per heavy atom. The van der Waals surface area contributed by atoms with Crippen LogP contribution in [0.3, 0.4) is 0 Å². The Labute approximate surface area is 224 Å². The topological polar surface area (TPSA) is 110 Å². The van der Waals surface area contributed by atoms with E-state index < -0.39 is 5.54 Å². The number of pyridine rings is 2. The summed E-state index contributed by atoms with van der Waals surface area (Å²) in [5, 5.41) is 4.59. The average Bonchev–Trinajstić information content (AvgIpc) is 3.66. The van der Waals surface area contributed by atoms with Crippen LogP contribution in [0.1, 0.15) is 19.3 Å². The summed E-state index contributed by atoms with van der Waals surface area (Å²) in [6, 6.07) is 5.11. The van der Waals surface area contributed by atoms with Crippen LogP contribution in [0, 0.1) is 0 Å². The molecule has 11 heteroatoms. The van der Waals surface area contributed by atoms with Gasteiger partial charge in [-0.2, -0.15) is 0 Å². The maximum atomic E-state index is 14.2. The van der Waals surface area contributed by atoms with E-state index in [2.05, 4.69) is 10.3 Å². The summed E-state index contributed by atoms with van der Waals surface area (Å²) >= 11 is 13.4. The zero-order valence-electron chi connectivity index (χ0n) is 21.0. The van der Waals surface area contributed by atoms with Crippen LogP contribution in [0.25, 0.3) is 22.0 Å². The molecule has 5 rings (SSSR count). The molecule has 0 spiro atoms. The first-order valence-corrected chi connectivity index (χ1v) is 12.8. The number of fused-ring (bicyclic) bond motifs is 1. The Morgan fingerprint density at radius 1 is 1.16 bits per heavy atom. The molecular formula is C26H30Cl2N4O5. The number of hydrogen-bond acceptors (Lipinski definition) is 8. The standard InChI is InChI=1S/C26H30Cl2N4O5/c1-34-13-26(5-6-26)32-18-9-21(31-17-12-37-7-4-16(17)29)30-11-14(18)8-15(25(32)33)22-23(27)19(35-2)10-20(36-3)24(22)28/h8-11,16-17H,4-7,12-13,29H2,1-3H3,(H,30,31)/t16-,17+/m0/s1. The lowest BCUT2D eigenvalue weighted by atomic mass is 10.0. The highest BCUT2D eigenvalue weighted by molar-refractivity contribution is 6.41. The van der Waals surface area contributed by atoms with Gasteiger partial charge in [-0.25, -0.2) is 4.98 Å². The molecule has 0 bridgehead atoms. The lowest BCUT2D eigenvalue weighted by molar-refractivity contribution is 0.0767. The van der Waals surface area contributed by atoms with Crippen LogP contribution in [-0.4, -0.2) is 62.8 Å². The normalized spacial score (nSPS) is 20.6. The molecule has 3 N–H and O–H groups in total. The van der Waals surface area contributed by atoms with Crippen molar-refractivity contribution in [3.63, 3.8) is 0 Å². The molecule has 1 aliphatic carbocycles. The number of nitrogens with one attached hydrogen (secondary N) is 1. The summed E-state index contributed by atoms with van der Waals surface area (Å²) in [7, 11) is 4.63. The van der Waals surface area contributed by atoms with E-state index in [0.717, 1.165) is 30.2 Å². The average molecular weight is 549 g/mol. The molecule has 0 unspecified atom stereocenters. The molecule has 198 valence electrons. The molecule has 2 aliphatic rings. The first-order chi connectivity index (χ1) is 17.8. The van der Waals surface area contributed by atoms with Crippen LogP contribution in [-0.2, 0) is 15.0 Å². The Morgan fingerprint density at radius 2 is 1.86 bits per heavy atom. The second-order valence-corrected chi connectivity index (χ2v) is 10.3. The van der Waals surface area contributed by atoms with Crippen molar-refractivity contribution in [2.75, 3.05) is 46.5 Å². The van der Waals surface area contributed by atoms with E-state index in [0.29, 0.717) is 48.3 Å². The van der Waals surface area contributed by atoms with Crippen molar-refractivity contribution in [2.45, 2.75) is 36.9 Å². The number of anilines is 1. The SMILES string of the molecule is COCC1(n2c(=O)c(-c3c(Cl)c(OC)cc(OC)c3Cl)cc3cnc(N[C@@H]4COCC[C@@H]4N)cc32)CC1. The number of ether oxygens (including phenoxy) is 4. The van der Waals surface area contributed by atoms with Crippen LogP contribution in [0.15, 0.2) is 29.2 Å². The molecule has 9 nitrogen and oxygen atoms in total. The highest BCUT2D eigenvalue weighted by atomic mass is 35.5. The molecule has 1 aromatic carbocycles. The number of nitrogens with two attached hydrogens (primary N) is 1. The van der Waals surface area contributed by atoms with Gasteiger partial charge in [-0.15, -0.1) is 0 Å². The van der Waals surface area contributed by atoms with Crippen molar-refractivity contribution in [1.82, 2.24) is 9.55 Å². The van der Waals surface area contributed by atoms with E-state index in [-0.39, 0.29) is 27.7 Å². The quantitative estimate of drug-likeness (QED) is 0.433. The van der Waals surface area contributed by atoms with E-state index in [1.807, 2.05) is 6.07 Å². The Kier molecular flexibility index (Phi) is 7.26. The second kappa shape index (κ2) is 10.3. The summed E-state index contributed by atoms with van der Waals surface area (Å²) in [5.41, 5.74) is 6.97. The van der Waals surface area contributed by atoms with Gasteiger partial charge in [0.2, 0.25) is 0 Å². The Bertz CT molecular complexity index is 1360. The molecule has 3 aromatic rings. The molecule has 0 radical (unpaired) electrons. The molecule has 2 fully saturated rings. The monoisotopic (exact) mass is 548 g/mol. The van der Waals surface area contributed by atoms with Gasteiger partial charge >= 0.3 is 0 Å². The highest BCUT2D eigenvalue weighted by Crippen LogP contribution is 2.48. The number of methoxy groups -OCH3 is 3. The van der Waals surface area contributed by atoms with Gasteiger partial charge in [0.15, 0.2) is 0 Å². The molecular weight excluding hydrogens is 519 g/mol. The number of hydrogen-bond donors (Lipinski definition) is 2. The summed E-state index contributed by atoms with van der Waals surface area (Å²) in [6.45, 7) is 1.53. The third kappa shape index (κ3) is 4.64. The van der Waals surface area contributed by atoms with E-state index in [1.165, 1.54) is 14.2 Å². The highest BCUT2D eigenvalue weighted by Gasteiger charge is 2.47. The summed E-state index contributed by atoms with van der Waals surface area (Å²) in [6.07, 6.45) is 4.10. The molecule has 2 aromatic heterocycles. The smallest absolute Gasteiger partial charge is 0.259 e. The molecule has 2 atom stereocenters. The second-order valence-electron chi connectivity index (χ2n) is 9.55. The summed E-state index contributed by atoms with van der Waals surface area (Å²) < 4.78 is 23.8. The van der Waals surface area contributed by atoms with Crippen molar-refractivity contribution in [2.24, 2.45) is 5.73 Å². The van der Waals surface area contributed by atoms with Gasteiger partial charge in [0, 0.05) is 49.0 Å². The zero-order valence-corrected chi connectivity index (χ0v) is 22.5. The fraction of sp³-hybridized carbons (Fsp3) is 0.462. The van der Waals surface area contributed by atoms with E-state index in [1.54, 1.807) is 30.0 Å². The van der Waals surface area contributed by atoms with Gasteiger partial charge in [-0.1, -0.05) is 23.2 Å². The van der Waals surface area contributed by atoms with Crippen LogP contribution >= 0.6 is 23.2 Å². The number of nitrogens with zero attached hydrogens (tertiary/aromatic N) is 2. The summed E-state index contributed by atoms with van der Waals surface area (Å²) in [5.74, 6) is 1.32. The molecule has 37 heavy (non-hydrogen) atoms. The molecule has 3 heterocycles. The van der Waals surface area contributed by atoms with Crippen molar-refractivity contribution in [3.8, 4) is 22.6 Å². The molecule has 1 saturated heterocycles. The Balaban J connectivity index is 1.72. The van der Waals surface area contributed by atoms with E-state index >= 15 is 0 Å². The predicted octanol–water partition coefficient (Wildman–Crippen LogP) is 4.05. The van der Waals surface area contributed by atoms with Crippen molar-refractivity contribution >= 4 is 39.9 Å². The van der Waals surface area contributed by atoms with Gasteiger partial charge in [-0.3, -0.25) is 9.36 Å². The largest absolute Gasteiger partial charge is 0.495 e. The van der Waals surface area contributed by atoms with Crippen molar-refractivity contribution in [3.05, 3.63) is 44.8 Å². The van der Waals surface area contributed by atoms with Crippen LogP contribution < -0.4 is 26.1 Å². The van der Waals surface area contributed by atoms with E-state index in [9.17, 15) is 4.79 Å². The maximum Gasteiger partial charge on any atom is 0.259 e. The first kappa shape index (κ1) is 26.1. The Hall–Kier alpha value is -2.56. The fourth-order valence-corrected chi connectivity index (χ4v) is 5.70. The van der Waals surface area contributed by atoms with E-state index in [4.69, 9.17) is 47.9 Å². The van der Waals surface area contributed by atoms with Gasteiger partial charge < -0.3 is 30.0 Å². The molecule has 1 aliphatic heterocycles. The minimum atomic E-state index is -0.481. The number of halogens is 2. The third-order valence-electron chi connectivity index (χ3n) is 7.19. The van der Waals surface area contributed by atoms with Crippen LogP contribution in [0.4, 0.5) is 5.82 Å². The van der Waals surface area contributed by atoms with Gasteiger partial charge in [0.25, 0.3) is 5.56 Å². The van der Waals surface area contributed by atoms with Crippen molar-refractivity contribution in [1.29, 1.82) is 0 Å².